The molecule has 0 bridgehead atoms. The predicted molar refractivity (Wildman–Crippen MR) is 109 cm³/mol. The molecule has 152 valence electrons. The van der Waals surface area contributed by atoms with E-state index < -0.39 is 9.84 Å². The molecule has 0 fully saturated rings. The summed E-state index contributed by atoms with van der Waals surface area (Å²) in [5.74, 6) is -0.0548. The summed E-state index contributed by atoms with van der Waals surface area (Å²) in [7, 11) is -1.93. The van der Waals surface area contributed by atoms with Crippen molar-refractivity contribution in [3.8, 4) is 0 Å². The topological polar surface area (TPSA) is 109 Å². The van der Waals surface area contributed by atoms with Crippen LogP contribution >= 0.6 is 0 Å². The Bertz CT molecular complexity index is 1200. The van der Waals surface area contributed by atoms with E-state index in [9.17, 15) is 18.0 Å². The first-order valence-electron chi connectivity index (χ1n) is 8.86. The van der Waals surface area contributed by atoms with Crippen molar-refractivity contribution in [2.75, 3.05) is 26.5 Å². The first kappa shape index (κ1) is 20.7. The monoisotopic (exact) mass is 415 g/mol. The third kappa shape index (κ3) is 4.87. The maximum absolute atomic E-state index is 13.0. The smallest absolute Gasteiger partial charge is 0.258 e. The molecular formula is C20H21N3O5S. The molecule has 3 rings (SSSR count). The van der Waals surface area contributed by atoms with Crippen LogP contribution < -0.4 is 5.56 Å². The van der Waals surface area contributed by atoms with Gasteiger partial charge >= 0.3 is 0 Å². The molecule has 0 aliphatic heterocycles. The van der Waals surface area contributed by atoms with Gasteiger partial charge in [0, 0.05) is 25.5 Å². The van der Waals surface area contributed by atoms with Crippen molar-refractivity contribution in [1.82, 2.24) is 14.9 Å². The number of aromatic nitrogens is 2. The van der Waals surface area contributed by atoms with Gasteiger partial charge in [-0.1, -0.05) is 18.2 Å². The second-order valence-corrected chi connectivity index (χ2v) is 8.57. The fourth-order valence-corrected chi connectivity index (χ4v) is 3.55. The molecule has 29 heavy (non-hydrogen) atoms. The van der Waals surface area contributed by atoms with Gasteiger partial charge in [0.25, 0.3) is 11.5 Å². The molecule has 0 aliphatic rings. The maximum atomic E-state index is 13.0. The van der Waals surface area contributed by atoms with E-state index >= 15 is 0 Å². The van der Waals surface area contributed by atoms with E-state index in [2.05, 4.69) is 9.97 Å². The summed E-state index contributed by atoms with van der Waals surface area (Å²) in [6.45, 7) is 0.565. The van der Waals surface area contributed by atoms with Gasteiger partial charge in [-0.25, -0.2) is 13.4 Å². The van der Waals surface area contributed by atoms with Crippen molar-refractivity contribution >= 4 is 26.6 Å². The number of ether oxygens (including phenoxy) is 1. The first-order chi connectivity index (χ1) is 13.8. The highest BCUT2D eigenvalue weighted by Gasteiger charge is 2.19. The van der Waals surface area contributed by atoms with E-state index in [1.807, 2.05) is 0 Å². The SMILES string of the molecule is COCCN(Cc1nc2ccccc2c(=O)[nH]1)C(=O)c1cccc(S(C)(=O)=O)c1. The number of H-pyrrole nitrogens is 1. The average molecular weight is 415 g/mol. The van der Waals surface area contributed by atoms with Crippen molar-refractivity contribution in [2.45, 2.75) is 11.4 Å². The Morgan fingerprint density at radius 2 is 1.93 bits per heavy atom. The number of rotatable bonds is 7. The van der Waals surface area contributed by atoms with Gasteiger partial charge in [0.05, 0.1) is 29.0 Å². The average Bonchev–Trinajstić information content (AvgIpc) is 2.70. The van der Waals surface area contributed by atoms with Crippen molar-refractivity contribution in [3.05, 3.63) is 70.3 Å². The molecule has 0 unspecified atom stereocenters. The Labute approximate surface area is 168 Å². The minimum Gasteiger partial charge on any atom is -0.383 e. The van der Waals surface area contributed by atoms with Crippen molar-refractivity contribution in [1.29, 1.82) is 0 Å². The maximum Gasteiger partial charge on any atom is 0.258 e. The molecule has 2 aromatic carbocycles. The van der Waals surface area contributed by atoms with Crippen LogP contribution in [0.4, 0.5) is 0 Å². The molecule has 9 heteroatoms. The van der Waals surface area contributed by atoms with E-state index in [1.54, 1.807) is 30.3 Å². The highest BCUT2D eigenvalue weighted by Crippen LogP contribution is 2.15. The zero-order chi connectivity index (χ0) is 21.0. The van der Waals surface area contributed by atoms with E-state index in [1.165, 1.54) is 30.2 Å². The number of hydrogen-bond donors (Lipinski definition) is 1. The third-order valence-corrected chi connectivity index (χ3v) is 5.47. The zero-order valence-corrected chi connectivity index (χ0v) is 16.9. The number of sulfone groups is 1. The number of nitrogens with zero attached hydrogens (tertiary/aromatic N) is 2. The van der Waals surface area contributed by atoms with Crippen molar-refractivity contribution in [2.24, 2.45) is 0 Å². The second kappa shape index (κ2) is 8.54. The number of hydrogen-bond acceptors (Lipinski definition) is 6. The number of aromatic amines is 1. The Morgan fingerprint density at radius 1 is 1.17 bits per heavy atom. The third-order valence-electron chi connectivity index (χ3n) is 4.36. The number of carbonyl (C=O) groups excluding carboxylic acids is 1. The number of carbonyl (C=O) groups is 1. The normalized spacial score (nSPS) is 11.5. The van der Waals surface area contributed by atoms with E-state index in [0.717, 1.165) is 6.26 Å². The number of amides is 1. The summed E-state index contributed by atoms with van der Waals surface area (Å²) in [6.07, 6.45) is 1.09. The molecule has 8 nitrogen and oxygen atoms in total. The number of nitrogens with one attached hydrogen (secondary N) is 1. The van der Waals surface area contributed by atoms with Crippen LogP contribution in [-0.2, 0) is 21.1 Å². The molecular weight excluding hydrogens is 394 g/mol. The number of benzene rings is 2. The molecule has 0 saturated heterocycles. The summed E-state index contributed by atoms with van der Waals surface area (Å²) >= 11 is 0. The lowest BCUT2D eigenvalue weighted by Gasteiger charge is -2.22. The molecule has 0 aliphatic carbocycles. The fourth-order valence-electron chi connectivity index (χ4n) is 2.89. The zero-order valence-electron chi connectivity index (χ0n) is 16.1. The quantitative estimate of drug-likeness (QED) is 0.628. The van der Waals surface area contributed by atoms with Gasteiger partial charge in [0.1, 0.15) is 5.82 Å². The lowest BCUT2D eigenvalue weighted by atomic mass is 10.2. The molecule has 0 saturated carbocycles. The first-order valence-corrected chi connectivity index (χ1v) is 10.7. The van der Waals surface area contributed by atoms with Crippen LogP contribution in [0.1, 0.15) is 16.2 Å². The minimum atomic E-state index is -3.45. The summed E-state index contributed by atoms with van der Waals surface area (Å²) < 4.78 is 28.7. The van der Waals surface area contributed by atoms with Gasteiger partial charge in [-0.15, -0.1) is 0 Å². The number of para-hydroxylation sites is 1. The summed E-state index contributed by atoms with van der Waals surface area (Å²) in [5, 5.41) is 0.465. The molecule has 1 N–H and O–H groups in total. The lowest BCUT2D eigenvalue weighted by molar-refractivity contribution is 0.0675. The standard InChI is InChI=1S/C20H21N3O5S/c1-28-11-10-23(20(25)14-6-5-7-15(12-14)29(2,26)27)13-18-21-17-9-4-3-8-16(17)19(24)22-18/h3-9,12H,10-11,13H2,1-2H3,(H,21,22,24). The van der Waals surface area contributed by atoms with Crippen LogP contribution in [0.3, 0.4) is 0 Å². The molecule has 0 spiro atoms. The van der Waals surface area contributed by atoms with Crippen LogP contribution in [-0.4, -0.2) is 55.7 Å². The van der Waals surface area contributed by atoms with Gasteiger partial charge in [0.15, 0.2) is 9.84 Å². The van der Waals surface area contributed by atoms with Gasteiger partial charge in [-0.2, -0.15) is 0 Å². The Hall–Kier alpha value is -3.04. The highest BCUT2D eigenvalue weighted by atomic mass is 32.2. The molecule has 0 atom stereocenters. The summed E-state index contributed by atoms with van der Waals surface area (Å²) in [4.78, 5) is 34.0. The molecule has 1 aromatic heterocycles. The fraction of sp³-hybridized carbons (Fsp3) is 0.250. The molecule has 1 heterocycles. The minimum absolute atomic E-state index is 0.0470. The van der Waals surface area contributed by atoms with Crippen LogP contribution in [0.15, 0.2) is 58.2 Å². The van der Waals surface area contributed by atoms with Gasteiger partial charge < -0.3 is 14.6 Å². The number of methoxy groups -OCH3 is 1. The van der Waals surface area contributed by atoms with Crippen LogP contribution in [0.25, 0.3) is 10.9 Å². The van der Waals surface area contributed by atoms with Gasteiger partial charge in [-0.3, -0.25) is 9.59 Å². The second-order valence-electron chi connectivity index (χ2n) is 6.55. The largest absolute Gasteiger partial charge is 0.383 e. The van der Waals surface area contributed by atoms with Crippen LogP contribution in [0.5, 0.6) is 0 Å². The van der Waals surface area contributed by atoms with Crippen LogP contribution in [0.2, 0.25) is 0 Å². The molecule has 0 radical (unpaired) electrons. The Kier molecular flexibility index (Phi) is 6.09. The lowest BCUT2D eigenvalue weighted by Crippen LogP contribution is -2.34. The molecule has 3 aromatic rings. The van der Waals surface area contributed by atoms with Crippen molar-refractivity contribution < 1.29 is 17.9 Å². The molecule has 1 amide bonds. The van der Waals surface area contributed by atoms with Gasteiger partial charge in [-0.05, 0) is 30.3 Å². The van der Waals surface area contributed by atoms with E-state index in [-0.39, 0.29) is 41.6 Å². The van der Waals surface area contributed by atoms with Crippen molar-refractivity contribution in [3.63, 3.8) is 0 Å². The number of fused-ring (bicyclic) bond motifs is 1. The van der Waals surface area contributed by atoms with E-state index in [4.69, 9.17) is 4.74 Å². The van der Waals surface area contributed by atoms with Crippen LogP contribution in [0, 0.1) is 0 Å². The van der Waals surface area contributed by atoms with Gasteiger partial charge in [0.2, 0.25) is 0 Å². The summed E-state index contributed by atoms with van der Waals surface area (Å²) in [5.41, 5.74) is 0.473. The predicted octanol–water partition coefficient (Wildman–Crippen LogP) is 1.62. The Balaban J connectivity index is 1.94. The summed E-state index contributed by atoms with van der Waals surface area (Å²) in [6, 6.07) is 12.8. The highest BCUT2D eigenvalue weighted by molar-refractivity contribution is 7.90. The van der Waals surface area contributed by atoms with E-state index in [0.29, 0.717) is 16.7 Å². The Morgan fingerprint density at radius 3 is 2.66 bits per heavy atom.